The van der Waals surface area contributed by atoms with Gasteiger partial charge in [0, 0.05) is 5.92 Å². The first-order valence-electron chi connectivity index (χ1n) is 5.63. The first-order chi connectivity index (χ1) is 8.91. The Morgan fingerprint density at radius 1 is 0.895 bits per heavy atom. The van der Waals surface area contributed by atoms with Crippen molar-refractivity contribution in [3.63, 3.8) is 0 Å². The third-order valence-corrected chi connectivity index (χ3v) is 2.82. The minimum Gasteiger partial charge on any atom is -0.481 e. The molecule has 0 heterocycles. The van der Waals surface area contributed by atoms with Crippen molar-refractivity contribution in [2.45, 2.75) is 18.8 Å². The molecule has 0 saturated carbocycles. The molecule has 0 aliphatic heterocycles. The standard InChI is InChI=1S/C13H14O6/c14-11(15)6-9(8-4-2-1-3-5-8)10(13(18)19)7-12(16)17/h1-5,9-10H,6-7H2,(H,14,15)(H,16,17)(H,18,19). The molecule has 0 radical (unpaired) electrons. The van der Waals surface area contributed by atoms with Gasteiger partial charge < -0.3 is 15.3 Å². The number of carboxylic acid groups (broad SMARTS) is 3. The molecule has 0 aliphatic carbocycles. The zero-order chi connectivity index (χ0) is 14.4. The van der Waals surface area contributed by atoms with Gasteiger partial charge in [-0.05, 0) is 5.56 Å². The lowest BCUT2D eigenvalue weighted by Crippen LogP contribution is -2.26. The van der Waals surface area contributed by atoms with E-state index in [1.165, 1.54) is 0 Å². The Labute approximate surface area is 109 Å². The Balaban J connectivity index is 3.09. The summed E-state index contributed by atoms with van der Waals surface area (Å²) in [5, 5.41) is 26.7. The second-order valence-electron chi connectivity index (χ2n) is 4.16. The largest absolute Gasteiger partial charge is 0.481 e. The fourth-order valence-corrected chi connectivity index (χ4v) is 1.97. The molecular weight excluding hydrogens is 252 g/mol. The monoisotopic (exact) mass is 266 g/mol. The molecule has 0 spiro atoms. The van der Waals surface area contributed by atoms with Crippen molar-refractivity contribution in [2.75, 3.05) is 0 Å². The molecular formula is C13H14O6. The summed E-state index contributed by atoms with van der Waals surface area (Å²) in [6, 6.07) is 8.23. The van der Waals surface area contributed by atoms with Crippen molar-refractivity contribution < 1.29 is 29.7 Å². The van der Waals surface area contributed by atoms with E-state index < -0.39 is 42.6 Å². The molecule has 0 aromatic heterocycles. The number of carbonyl (C=O) groups is 3. The molecule has 0 aliphatic rings. The molecule has 102 valence electrons. The average molecular weight is 266 g/mol. The Morgan fingerprint density at radius 3 is 1.84 bits per heavy atom. The zero-order valence-corrected chi connectivity index (χ0v) is 10.0. The molecule has 2 atom stereocenters. The van der Waals surface area contributed by atoms with Crippen LogP contribution in [0.25, 0.3) is 0 Å². The predicted octanol–water partition coefficient (Wildman–Crippen LogP) is 1.42. The Morgan fingerprint density at radius 2 is 1.42 bits per heavy atom. The van der Waals surface area contributed by atoms with Gasteiger partial charge in [-0.3, -0.25) is 14.4 Å². The van der Waals surface area contributed by atoms with Crippen molar-refractivity contribution in [2.24, 2.45) is 5.92 Å². The van der Waals surface area contributed by atoms with E-state index >= 15 is 0 Å². The van der Waals surface area contributed by atoms with Crippen LogP contribution in [0, 0.1) is 5.92 Å². The Kier molecular flexibility index (Phi) is 5.05. The maximum Gasteiger partial charge on any atom is 0.307 e. The maximum absolute atomic E-state index is 11.2. The lowest BCUT2D eigenvalue weighted by molar-refractivity contribution is -0.150. The van der Waals surface area contributed by atoms with Gasteiger partial charge in [-0.25, -0.2) is 0 Å². The zero-order valence-electron chi connectivity index (χ0n) is 10.0. The predicted molar refractivity (Wildman–Crippen MR) is 64.8 cm³/mol. The van der Waals surface area contributed by atoms with Crippen LogP contribution >= 0.6 is 0 Å². The summed E-state index contributed by atoms with van der Waals surface area (Å²) in [4.78, 5) is 32.8. The highest BCUT2D eigenvalue weighted by Gasteiger charge is 2.33. The number of rotatable bonds is 7. The van der Waals surface area contributed by atoms with E-state index in [0.29, 0.717) is 5.56 Å². The molecule has 6 heteroatoms. The van der Waals surface area contributed by atoms with E-state index in [9.17, 15) is 14.4 Å². The fourth-order valence-electron chi connectivity index (χ4n) is 1.97. The Bertz CT molecular complexity index is 467. The molecule has 6 nitrogen and oxygen atoms in total. The Hall–Kier alpha value is -2.37. The third-order valence-electron chi connectivity index (χ3n) is 2.82. The molecule has 1 aromatic rings. The fraction of sp³-hybridized carbons (Fsp3) is 0.308. The highest BCUT2D eigenvalue weighted by molar-refractivity contribution is 5.80. The van der Waals surface area contributed by atoms with Gasteiger partial charge in [0.15, 0.2) is 0 Å². The second kappa shape index (κ2) is 6.53. The van der Waals surface area contributed by atoms with Gasteiger partial charge >= 0.3 is 17.9 Å². The maximum atomic E-state index is 11.2. The molecule has 0 bridgehead atoms. The van der Waals surface area contributed by atoms with Crippen LogP contribution in [0.1, 0.15) is 24.3 Å². The summed E-state index contributed by atoms with van der Waals surface area (Å²) < 4.78 is 0. The number of hydrogen-bond donors (Lipinski definition) is 3. The van der Waals surface area contributed by atoms with E-state index in [2.05, 4.69) is 0 Å². The lowest BCUT2D eigenvalue weighted by Gasteiger charge is -2.21. The van der Waals surface area contributed by atoms with Crippen LogP contribution in [0.15, 0.2) is 30.3 Å². The smallest absolute Gasteiger partial charge is 0.307 e. The number of aliphatic carboxylic acids is 3. The summed E-state index contributed by atoms with van der Waals surface area (Å²) in [7, 11) is 0. The topological polar surface area (TPSA) is 112 Å². The number of hydrogen-bond acceptors (Lipinski definition) is 3. The molecule has 1 rings (SSSR count). The minimum absolute atomic E-state index is 0.422. The normalized spacial score (nSPS) is 13.5. The molecule has 0 amide bonds. The van der Waals surface area contributed by atoms with Crippen LogP contribution in [0.5, 0.6) is 0 Å². The SMILES string of the molecule is O=C(O)CC(C(=O)O)C(CC(=O)O)c1ccccc1. The summed E-state index contributed by atoms with van der Waals surface area (Å²) in [5.41, 5.74) is 0.513. The first kappa shape index (κ1) is 14.7. The van der Waals surface area contributed by atoms with Gasteiger partial charge in [0.25, 0.3) is 0 Å². The van der Waals surface area contributed by atoms with Gasteiger partial charge in [-0.1, -0.05) is 30.3 Å². The molecule has 2 unspecified atom stereocenters. The summed E-state index contributed by atoms with van der Waals surface area (Å²) >= 11 is 0. The van der Waals surface area contributed by atoms with E-state index in [0.717, 1.165) is 0 Å². The molecule has 19 heavy (non-hydrogen) atoms. The van der Waals surface area contributed by atoms with Crippen LogP contribution in [0.3, 0.4) is 0 Å². The third kappa shape index (κ3) is 4.42. The first-order valence-corrected chi connectivity index (χ1v) is 5.63. The van der Waals surface area contributed by atoms with Crippen LogP contribution < -0.4 is 0 Å². The molecule has 0 saturated heterocycles. The highest BCUT2D eigenvalue weighted by Crippen LogP contribution is 2.31. The van der Waals surface area contributed by atoms with E-state index in [1.54, 1.807) is 30.3 Å². The lowest BCUT2D eigenvalue weighted by atomic mass is 9.81. The molecule has 1 aromatic carbocycles. The molecule has 0 fully saturated rings. The van der Waals surface area contributed by atoms with Crippen molar-refractivity contribution in [3.8, 4) is 0 Å². The quantitative estimate of drug-likeness (QED) is 0.688. The second-order valence-corrected chi connectivity index (χ2v) is 4.16. The van der Waals surface area contributed by atoms with Crippen molar-refractivity contribution in [3.05, 3.63) is 35.9 Å². The average Bonchev–Trinajstić information content (AvgIpc) is 2.33. The summed E-state index contributed by atoms with van der Waals surface area (Å²) in [6.45, 7) is 0. The van der Waals surface area contributed by atoms with Gasteiger partial charge in [0.1, 0.15) is 0 Å². The van der Waals surface area contributed by atoms with E-state index in [1.807, 2.05) is 0 Å². The van der Waals surface area contributed by atoms with E-state index in [-0.39, 0.29) is 0 Å². The summed E-state index contributed by atoms with van der Waals surface area (Å²) in [6.07, 6.45) is -1.03. The number of carboxylic acids is 3. The van der Waals surface area contributed by atoms with Crippen LogP contribution in [0.2, 0.25) is 0 Å². The van der Waals surface area contributed by atoms with Gasteiger partial charge in [-0.2, -0.15) is 0 Å². The van der Waals surface area contributed by atoms with Crippen LogP contribution in [-0.4, -0.2) is 33.2 Å². The van der Waals surface area contributed by atoms with Gasteiger partial charge in [-0.15, -0.1) is 0 Å². The summed E-state index contributed by atoms with van der Waals surface area (Å²) in [5.74, 6) is -5.87. The van der Waals surface area contributed by atoms with Crippen molar-refractivity contribution in [1.29, 1.82) is 0 Å². The minimum atomic E-state index is -1.31. The van der Waals surface area contributed by atoms with Gasteiger partial charge in [0.05, 0.1) is 18.8 Å². The molecule has 3 N–H and O–H groups in total. The van der Waals surface area contributed by atoms with E-state index in [4.69, 9.17) is 15.3 Å². The number of benzene rings is 1. The van der Waals surface area contributed by atoms with Gasteiger partial charge in [0.2, 0.25) is 0 Å². The highest BCUT2D eigenvalue weighted by atomic mass is 16.4. The van der Waals surface area contributed by atoms with Crippen LogP contribution in [-0.2, 0) is 14.4 Å². The van der Waals surface area contributed by atoms with Crippen LogP contribution in [0.4, 0.5) is 0 Å². The van der Waals surface area contributed by atoms with Crippen molar-refractivity contribution in [1.82, 2.24) is 0 Å². The van der Waals surface area contributed by atoms with Crippen molar-refractivity contribution >= 4 is 17.9 Å².